The minimum Gasteiger partial charge on any atom is -0.310 e. The maximum absolute atomic E-state index is 4.58. The molecule has 4 heteroatoms. The quantitative estimate of drug-likeness (QED) is 0.176. The highest BCUT2D eigenvalue weighted by molar-refractivity contribution is 8.07. The van der Waals surface area contributed by atoms with E-state index in [4.69, 9.17) is 0 Å². The summed E-state index contributed by atoms with van der Waals surface area (Å²) in [6, 6.07) is 38.7. The molecule has 11 rings (SSSR count). The molecule has 0 radical (unpaired) electrons. The predicted molar refractivity (Wildman–Crippen MR) is 236 cm³/mol. The Morgan fingerprint density at radius 2 is 1.41 bits per heavy atom. The second kappa shape index (κ2) is 12.5. The van der Waals surface area contributed by atoms with Gasteiger partial charge in [-0.3, -0.25) is 0 Å². The Hall–Kier alpha value is -5.55. The molecule has 0 fully saturated rings. The van der Waals surface area contributed by atoms with E-state index in [0.717, 1.165) is 24.2 Å². The molecule has 5 aromatic carbocycles. The molecule has 3 aromatic heterocycles. The Morgan fingerprint density at radius 3 is 2.30 bits per heavy atom. The number of rotatable bonds is 3. The first kappa shape index (κ1) is 31.9. The van der Waals surface area contributed by atoms with E-state index >= 15 is 0 Å². The van der Waals surface area contributed by atoms with Gasteiger partial charge >= 0.3 is 0 Å². The molecule has 3 aliphatic rings. The highest BCUT2D eigenvalue weighted by Gasteiger charge is 2.26. The number of nitrogens with zero attached hydrogens (tertiary/aromatic N) is 2. The summed E-state index contributed by atoms with van der Waals surface area (Å²) in [5.74, 6) is 0.971. The number of fused-ring (bicyclic) bond motifs is 10. The van der Waals surface area contributed by atoms with Crippen molar-refractivity contribution in [3.8, 4) is 11.4 Å². The summed E-state index contributed by atoms with van der Waals surface area (Å²) >= 11 is 3.73. The molecule has 2 unspecified atom stereocenters. The monoisotopic (exact) mass is 730 g/mol. The van der Waals surface area contributed by atoms with E-state index < -0.39 is 0 Å². The Bertz CT molecular complexity index is 3030. The Labute approximate surface area is 323 Å². The molecule has 4 heterocycles. The van der Waals surface area contributed by atoms with Crippen LogP contribution in [-0.2, 0) is 0 Å². The topological polar surface area (TPSA) is 9.86 Å². The number of thioether (sulfide) groups is 1. The third-order valence-electron chi connectivity index (χ3n) is 11.7. The normalized spacial score (nSPS) is 20.1. The molecule has 2 nitrogen and oxygen atoms in total. The highest BCUT2D eigenvalue weighted by Crippen LogP contribution is 2.46. The standard InChI is InChI=1S/C50H38N2S2/c1-31-13-12-21-44-50(31)42-30-45-40(38-19-9-10-20-43(38)51(45)35-16-4-3-5-17-35)29-46(42)52(44)36-24-26-48-41(28-36)39-25-23-34(27-49(39)54-48)37-18-8-6-14-33-15-7-11-22-47(33)53-32(37)2/h3-12,16-31,33H,2,13-15H2,1H3/b8-6-,37-18+. The van der Waals surface area contributed by atoms with E-state index in [2.05, 4.69) is 174 Å². The summed E-state index contributed by atoms with van der Waals surface area (Å²) in [7, 11) is 0. The van der Waals surface area contributed by atoms with E-state index in [1.807, 2.05) is 23.1 Å². The Morgan fingerprint density at radius 1 is 0.611 bits per heavy atom. The van der Waals surface area contributed by atoms with Crippen LogP contribution in [-0.4, -0.2) is 9.13 Å². The lowest BCUT2D eigenvalue weighted by Crippen LogP contribution is -2.02. The van der Waals surface area contributed by atoms with Crippen LogP contribution in [0.3, 0.4) is 0 Å². The molecule has 2 aliphatic carbocycles. The van der Waals surface area contributed by atoms with E-state index in [1.165, 1.54) is 91.6 Å². The van der Waals surface area contributed by atoms with Crippen LogP contribution in [0.1, 0.15) is 48.9 Å². The lowest BCUT2D eigenvalue weighted by atomic mass is 9.90. The molecule has 1 aliphatic heterocycles. The zero-order valence-electron chi connectivity index (χ0n) is 30.1. The van der Waals surface area contributed by atoms with Crippen molar-refractivity contribution in [1.29, 1.82) is 0 Å². The third-order valence-corrected chi connectivity index (χ3v) is 14.0. The molecule has 2 atom stereocenters. The lowest BCUT2D eigenvalue weighted by Gasteiger charge is -2.20. The van der Waals surface area contributed by atoms with Gasteiger partial charge < -0.3 is 9.13 Å². The maximum Gasteiger partial charge on any atom is 0.0548 e. The van der Waals surface area contributed by atoms with Crippen molar-refractivity contribution < 1.29 is 0 Å². The smallest absolute Gasteiger partial charge is 0.0548 e. The van der Waals surface area contributed by atoms with Gasteiger partial charge in [0.15, 0.2) is 0 Å². The molecule has 0 N–H and O–H groups in total. The zero-order valence-corrected chi connectivity index (χ0v) is 31.8. The summed E-state index contributed by atoms with van der Waals surface area (Å²) in [6.07, 6.45) is 21.5. The first-order chi connectivity index (χ1) is 26.6. The highest BCUT2D eigenvalue weighted by atomic mass is 32.2. The summed E-state index contributed by atoms with van der Waals surface area (Å²) in [6.45, 7) is 6.96. The fourth-order valence-electron chi connectivity index (χ4n) is 9.12. The zero-order chi connectivity index (χ0) is 35.9. The predicted octanol–water partition coefficient (Wildman–Crippen LogP) is 14.7. The van der Waals surface area contributed by atoms with Crippen LogP contribution in [0.2, 0.25) is 0 Å². The largest absolute Gasteiger partial charge is 0.310 e. The van der Waals surface area contributed by atoms with Gasteiger partial charge in [-0.05, 0) is 113 Å². The van der Waals surface area contributed by atoms with E-state index in [9.17, 15) is 0 Å². The van der Waals surface area contributed by atoms with E-state index in [-0.39, 0.29) is 0 Å². The van der Waals surface area contributed by atoms with Gasteiger partial charge in [0.2, 0.25) is 0 Å². The minimum absolute atomic E-state index is 0.427. The van der Waals surface area contributed by atoms with Crippen molar-refractivity contribution in [3.63, 3.8) is 0 Å². The summed E-state index contributed by atoms with van der Waals surface area (Å²) < 4.78 is 7.59. The molecule has 0 spiro atoms. The van der Waals surface area contributed by atoms with Gasteiger partial charge in [0.1, 0.15) is 0 Å². The second-order valence-corrected chi connectivity index (χ2v) is 17.2. The third kappa shape index (κ3) is 4.93. The summed E-state index contributed by atoms with van der Waals surface area (Å²) in [5, 5.41) is 6.52. The molecule has 260 valence electrons. The molecular weight excluding hydrogens is 693 g/mol. The fourth-order valence-corrected chi connectivity index (χ4v) is 11.3. The van der Waals surface area contributed by atoms with Gasteiger partial charge in [0, 0.05) is 58.3 Å². The number of para-hydroxylation sites is 2. The average molecular weight is 731 g/mol. The number of hydrogen-bond donors (Lipinski definition) is 0. The lowest BCUT2D eigenvalue weighted by molar-refractivity contribution is 0.658. The number of hydrogen-bond acceptors (Lipinski definition) is 2. The second-order valence-electron chi connectivity index (χ2n) is 14.9. The molecule has 8 aromatic rings. The van der Waals surface area contributed by atoms with Gasteiger partial charge in [-0.1, -0.05) is 116 Å². The van der Waals surface area contributed by atoms with Crippen LogP contribution in [0.25, 0.3) is 75.9 Å². The first-order valence-electron chi connectivity index (χ1n) is 19.0. The number of thiophene rings is 1. The van der Waals surface area contributed by atoms with Crippen LogP contribution in [0.5, 0.6) is 0 Å². The van der Waals surface area contributed by atoms with E-state index in [0.29, 0.717) is 11.8 Å². The fraction of sp³-hybridized carbons (Fsp3) is 0.120. The van der Waals surface area contributed by atoms with Crippen molar-refractivity contribution in [2.24, 2.45) is 5.92 Å². The van der Waals surface area contributed by atoms with Crippen molar-refractivity contribution in [3.05, 3.63) is 179 Å². The molecular formula is C50H38N2S2. The summed E-state index contributed by atoms with van der Waals surface area (Å²) in [5.41, 5.74) is 11.3. The van der Waals surface area contributed by atoms with Crippen LogP contribution in [0.4, 0.5) is 0 Å². The van der Waals surface area contributed by atoms with Crippen molar-refractivity contribution in [1.82, 2.24) is 9.13 Å². The molecule has 0 amide bonds. The first-order valence-corrected chi connectivity index (χ1v) is 20.7. The molecule has 54 heavy (non-hydrogen) atoms. The number of benzene rings is 5. The Kier molecular flexibility index (Phi) is 7.40. The Balaban J connectivity index is 1.08. The van der Waals surface area contributed by atoms with Crippen LogP contribution < -0.4 is 0 Å². The van der Waals surface area contributed by atoms with E-state index in [1.54, 1.807) is 0 Å². The van der Waals surface area contributed by atoms with Crippen LogP contribution in [0.15, 0.2) is 162 Å². The average Bonchev–Trinajstić information content (AvgIpc) is 3.86. The minimum atomic E-state index is 0.427. The summed E-state index contributed by atoms with van der Waals surface area (Å²) in [4.78, 5) is 2.53. The van der Waals surface area contributed by atoms with Crippen LogP contribution in [0, 0.1) is 5.92 Å². The molecule has 0 bridgehead atoms. The van der Waals surface area contributed by atoms with Gasteiger partial charge in [-0.2, -0.15) is 0 Å². The number of allylic oxidation sites excluding steroid dienone is 9. The van der Waals surface area contributed by atoms with Gasteiger partial charge in [0.25, 0.3) is 0 Å². The van der Waals surface area contributed by atoms with Crippen molar-refractivity contribution in [2.75, 3.05) is 0 Å². The van der Waals surface area contributed by atoms with Crippen molar-refractivity contribution in [2.45, 2.75) is 32.1 Å². The number of aromatic nitrogens is 2. The van der Waals surface area contributed by atoms with Gasteiger partial charge in [-0.15, -0.1) is 11.3 Å². The maximum atomic E-state index is 4.58. The van der Waals surface area contributed by atoms with Gasteiger partial charge in [0.05, 0.1) is 16.6 Å². The molecule has 0 saturated carbocycles. The SMILES string of the molecule is C=C1SC2=CC=CCC2C/C=C\C=C/1c1ccc2c(c1)sc1ccc(-n3c4c(c5cc6c(cc53)c3ccccc3n6-c3ccccc3)C(C)CC=C4)cc12. The van der Waals surface area contributed by atoms with Crippen molar-refractivity contribution >= 4 is 87.6 Å². The van der Waals surface area contributed by atoms with Crippen LogP contribution >= 0.6 is 23.1 Å². The van der Waals surface area contributed by atoms with Gasteiger partial charge in [-0.25, -0.2) is 0 Å². The molecule has 0 saturated heterocycles.